The first-order chi connectivity index (χ1) is 10.1. The number of urea groups is 1. The molecule has 0 saturated carbocycles. The third kappa shape index (κ3) is 4.63. The van der Waals surface area contributed by atoms with Crippen LogP contribution < -0.4 is 5.32 Å². The van der Waals surface area contributed by atoms with E-state index in [2.05, 4.69) is 5.32 Å². The average molecular weight is 311 g/mol. The normalized spacial score (nSPS) is 17.8. The molecule has 0 bridgehead atoms. The largest absolute Gasteiger partial charge is 0.481 e. The Labute approximate surface area is 128 Å². The van der Waals surface area contributed by atoms with Crippen molar-refractivity contribution in [3.63, 3.8) is 0 Å². The van der Waals surface area contributed by atoms with Crippen LogP contribution in [0.2, 0.25) is 5.02 Å². The van der Waals surface area contributed by atoms with Gasteiger partial charge in [-0.3, -0.25) is 4.79 Å². The Morgan fingerprint density at radius 3 is 2.95 bits per heavy atom. The summed E-state index contributed by atoms with van der Waals surface area (Å²) in [7, 11) is 0. The smallest absolute Gasteiger partial charge is 0.317 e. The van der Waals surface area contributed by atoms with Crippen molar-refractivity contribution < 1.29 is 14.7 Å². The number of carbonyl (C=O) groups excluding carboxylic acids is 1. The van der Waals surface area contributed by atoms with Crippen LogP contribution in [0.1, 0.15) is 30.7 Å². The first-order valence-electron chi connectivity index (χ1n) is 7.06. The van der Waals surface area contributed by atoms with Gasteiger partial charge in [0, 0.05) is 37.0 Å². The minimum Gasteiger partial charge on any atom is -0.481 e. The average Bonchev–Trinajstić information content (AvgIpc) is 2.93. The molecular formula is C15H19ClN2O3. The lowest BCUT2D eigenvalue weighted by atomic mass is 9.99. The number of amides is 2. The van der Waals surface area contributed by atoms with Crippen LogP contribution in [0.25, 0.3) is 0 Å². The maximum atomic E-state index is 12.0. The van der Waals surface area contributed by atoms with Crippen molar-refractivity contribution in [2.45, 2.75) is 25.2 Å². The van der Waals surface area contributed by atoms with Gasteiger partial charge in [0.15, 0.2) is 0 Å². The van der Waals surface area contributed by atoms with E-state index in [1.54, 1.807) is 4.90 Å². The van der Waals surface area contributed by atoms with Gasteiger partial charge in [-0.25, -0.2) is 4.79 Å². The molecule has 2 amide bonds. The number of hydrogen-bond acceptors (Lipinski definition) is 2. The van der Waals surface area contributed by atoms with Crippen LogP contribution in [0.3, 0.4) is 0 Å². The van der Waals surface area contributed by atoms with Crippen LogP contribution in [0.5, 0.6) is 0 Å². The molecule has 0 aliphatic carbocycles. The lowest BCUT2D eigenvalue weighted by molar-refractivity contribution is -0.137. The van der Waals surface area contributed by atoms with Crippen molar-refractivity contribution in [2.24, 2.45) is 0 Å². The number of hydrogen-bond donors (Lipinski definition) is 2. The van der Waals surface area contributed by atoms with Gasteiger partial charge >= 0.3 is 12.0 Å². The molecule has 1 atom stereocenters. The Hall–Kier alpha value is -1.75. The summed E-state index contributed by atoms with van der Waals surface area (Å²) < 4.78 is 0. The van der Waals surface area contributed by atoms with Crippen molar-refractivity contribution >= 4 is 23.6 Å². The van der Waals surface area contributed by atoms with E-state index in [0.717, 1.165) is 12.0 Å². The molecule has 0 aromatic heterocycles. The predicted molar refractivity (Wildman–Crippen MR) is 80.7 cm³/mol. The number of halogens is 1. The molecule has 1 aromatic rings. The van der Waals surface area contributed by atoms with Gasteiger partial charge in [-0.1, -0.05) is 23.7 Å². The zero-order valence-corrected chi connectivity index (χ0v) is 12.5. The molecule has 1 aliphatic rings. The number of likely N-dealkylation sites (tertiary alicyclic amines) is 1. The summed E-state index contributed by atoms with van der Waals surface area (Å²) in [4.78, 5) is 24.1. The highest BCUT2D eigenvalue weighted by molar-refractivity contribution is 6.30. The summed E-state index contributed by atoms with van der Waals surface area (Å²) in [5, 5.41) is 12.0. The molecule has 0 radical (unpaired) electrons. The summed E-state index contributed by atoms with van der Waals surface area (Å²) in [6.07, 6.45) is 1.45. The van der Waals surface area contributed by atoms with Crippen molar-refractivity contribution in [1.29, 1.82) is 0 Å². The molecule has 114 valence electrons. The highest BCUT2D eigenvalue weighted by Crippen LogP contribution is 2.28. The number of nitrogens with zero attached hydrogens (tertiary/aromatic N) is 1. The van der Waals surface area contributed by atoms with Crippen molar-refractivity contribution in [3.05, 3.63) is 34.9 Å². The van der Waals surface area contributed by atoms with Gasteiger partial charge < -0.3 is 15.3 Å². The SMILES string of the molecule is O=C(O)CCCNC(=O)N1CCC(c2cccc(Cl)c2)C1. The molecule has 6 heteroatoms. The van der Waals surface area contributed by atoms with Crippen LogP contribution in [-0.4, -0.2) is 41.6 Å². The fourth-order valence-corrected chi connectivity index (χ4v) is 2.72. The molecule has 1 aliphatic heterocycles. The van der Waals surface area contributed by atoms with E-state index in [1.165, 1.54) is 0 Å². The lowest BCUT2D eigenvalue weighted by Gasteiger charge is -2.17. The van der Waals surface area contributed by atoms with E-state index in [-0.39, 0.29) is 12.5 Å². The molecular weight excluding hydrogens is 292 g/mol. The van der Waals surface area contributed by atoms with Crippen LogP contribution in [0.4, 0.5) is 4.79 Å². The van der Waals surface area contributed by atoms with E-state index in [9.17, 15) is 9.59 Å². The van der Waals surface area contributed by atoms with Crippen LogP contribution in [-0.2, 0) is 4.79 Å². The number of nitrogens with one attached hydrogen (secondary N) is 1. The van der Waals surface area contributed by atoms with Gasteiger partial charge in [0.25, 0.3) is 0 Å². The van der Waals surface area contributed by atoms with Gasteiger partial charge in [0.05, 0.1) is 0 Å². The standard InChI is InChI=1S/C15H19ClN2O3/c16-13-4-1-3-11(9-13)12-6-8-18(10-12)15(21)17-7-2-5-14(19)20/h1,3-4,9,12H,2,5-8,10H2,(H,17,21)(H,19,20). The van der Waals surface area contributed by atoms with Gasteiger partial charge in [-0.05, 0) is 30.5 Å². The molecule has 5 nitrogen and oxygen atoms in total. The Bertz CT molecular complexity index is 521. The van der Waals surface area contributed by atoms with E-state index < -0.39 is 5.97 Å². The Morgan fingerprint density at radius 2 is 2.24 bits per heavy atom. The number of rotatable bonds is 5. The molecule has 1 aromatic carbocycles. The van der Waals surface area contributed by atoms with Gasteiger partial charge in [-0.15, -0.1) is 0 Å². The number of aliphatic carboxylic acids is 1. The fraction of sp³-hybridized carbons (Fsp3) is 0.467. The van der Waals surface area contributed by atoms with Crippen molar-refractivity contribution in [3.8, 4) is 0 Å². The minimum absolute atomic E-state index is 0.0748. The van der Waals surface area contributed by atoms with Crippen molar-refractivity contribution in [1.82, 2.24) is 10.2 Å². The summed E-state index contributed by atoms with van der Waals surface area (Å²) >= 11 is 5.99. The Kier molecular flexibility index (Phi) is 5.44. The second kappa shape index (κ2) is 7.31. The quantitative estimate of drug-likeness (QED) is 0.822. The topological polar surface area (TPSA) is 69.6 Å². The molecule has 1 saturated heterocycles. The molecule has 1 fully saturated rings. The number of carboxylic acids is 1. The summed E-state index contributed by atoms with van der Waals surface area (Å²) in [6, 6.07) is 7.62. The molecule has 1 unspecified atom stereocenters. The summed E-state index contributed by atoms with van der Waals surface area (Å²) in [5.41, 5.74) is 1.16. The number of carboxylic acid groups (broad SMARTS) is 1. The summed E-state index contributed by atoms with van der Waals surface area (Å²) in [5.74, 6) is -0.528. The molecule has 2 N–H and O–H groups in total. The number of benzene rings is 1. The third-order valence-corrected chi connectivity index (χ3v) is 3.87. The van der Waals surface area contributed by atoms with E-state index >= 15 is 0 Å². The zero-order valence-electron chi connectivity index (χ0n) is 11.7. The van der Waals surface area contributed by atoms with E-state index in [1.807, 2.05) is 24.3 Å². The molecule has 2 rings (SSSR count). The van der Waals surface area contributed by atoms with Crippen LogP contribution in [0.15, 0.2) is 24.3 Å². The maximum absolute atomic E-state index is 12.0. The lowest BCUT2D eigenvalue weighted by Crippen LogP contribution is -2.38. The fourth-order valence-electron chi connectivity index (χ4n) is 2.52. The first-order valence-corrected chi connectivity index (χ1v) is 7.44. The predicted octanol–water partition coefficient (Wildman–Crippen LogP) is 2.70. The minimum atomic E-state index is -0.841. The molecule has 0 spiro atoms. The first kappa shape index (κ1) is 15.6. The second-order valence-corrected chi connectivity index (χ2v) is 5.65. The molecule has 1 heterocycles. The molecule has 21 heavy (non-hydrogen) atoms. The second-order valence-electron chi connectivity index (χ2n) is 5.22. The highest BCUT2D eigenvalue weighted by atomic mass is 35.5. The van der Waals surface area contributed by atoms with Crippen LogP contribution in [0, 0.1) is 0 Å². The summed E-state index contributed by atoms with van der Waals surface area (Å²) in [6.45, 7) is 1.77. The highest BCUT2D eigenvalue weighted by Gasteiger charge is 2.27. The Balaban J connectivity index is 1.79. The zero-order chi connectivity index (χ0) is 15.2. The van der Waals surface area contributed by atoms with Crippen LogP contribution >= 0.6 is 11.6 Å². The van der Waals surface area contributed by atoms with Crippen molar-refractivity contribution in [2.75, 3.05) is 19.6 Å². The van der Waals surface area contributed by atoms with Gasteiger partial charge in [-0.2, -0.15) is 0 Å². The monoisotopic (exact) mass is 310 g/mol. The van der Waals surface area contributed by atoms with Gasteiger partial charge in [0.1, 0.15) is 0 Å². The van der Waals surface area contributed by atoms with E-state index in [4.69, 9.17) is 16.7 Å². The van der Waals surface area contributed by atoms with E-state index in [0.29, 0.717) is 37.0 Å². The Morgan fingerprint density at radius 1 is 1.43 bits per heavy atom. The number of carbonyl (C=O) groups is 2. The third-order valence-electron chi connectivity index (χ3n) is 3.64. The maximum Gasteiger partial charge on any atom is 0.317 e. The van der Waals surface area contributed by atoms with Gasteiger partial charge in [0.2, 0.25) is 0 Å².